The SMILES string of the molecule is O=C1C2CCC(O2)C(=O)N1c1cc(Br)ccc1Cl. The van der Waals surface area contributed by atoms with Crippen molar-refractivity contribution in [2.24, 2.45) is 0 Å². The van der Waals surface area contributed by atoms with Crippen LogP contribution in [0.2, 0.25) is 5.02 Å². The zero-order valence-electron chi connectivity index (χ0n) is 9.23. The second-order valence-corrected chi connectivity index (χ2v) is 5.62. The third-order valence-corrected chi connectivity index (χ3v) is 3.97. The summed E-state index contributed by atoms with van der Waals surface area (Å²) in [5, 5.41) is 0.376. The molecule has 2 unspecified atom stereocenters. The van der Waals surface area contributed by atoms with Crippen molar-refractivity contribution < 1.29 is 14.3 Å². The van der Waals surface area contributed by atoms with Crippen molar-refractivity contribution >= 4 is 45.0 Å². The van der Waals surface area contributed by atoms with Crippen molar-refractivity contribution in [2.45, 2.75) is 25.0 Å². The van der Waals surface area contributed by atoms with Gasteiger partial charge in [0.15, 0.2) is 0 Å². The number of fused-ring (bicyclic) bond motifs is 2. The van der Waals surface area contributed by atoms with Gasteiger partial charge in [0.25, 0.3) is 11.8 Å². The summed E-state index contributed by atoms with van der Waals surface area (Å²) in [6, 6.07) is 5.08. The highest BCUT2D eigenvalue weighted by Gasteiger charge is 2.47. The van der Waals surface area contributed by atoms with Crippen LogP contribution in [0.3, 0.4) is 0 Å². The van der Waals surface area contributed by atoms with E-state index in [2.05, 4.69) is 15.9 Å². The summed E-state index contributed by atoms with van der Waals surface area (Å²) in [6.07, 6.45) is 0.167. The van der Waals surface area contributed by atoms with E-state index in [0.717, 1.165) is 9.37 Å². The lowest BCUT2D eigenvalue weighted by atomic mass is 10.2. The lowest BCUT2D eigenvalue weighted by Crippen LogP contribution is -2.52. The van der Waals surface area contributed by atoms with Gasteiger partial charge in [-0.15, -0.1) is 0 Å². The average molecular weight is 331 g/mol. The Morgan fingerprint density at radius 2 is 1.83 bits per heavy atom. The van der Waals surface area contributed by atoms with E-state index >= 15 is 0 Å². The minimum Gasteiger partial charge on any atom is -0.355 e. The summed E-state index contributed by atoms with van der Waals surface area (Å²) in [7, 11) is 0. The molecule has 2 amide bonds. The number of halogens is 2. The van der Waals surface area contributed by atoms with Gasteiger partial charge in [0, 0.05) is 4.47 Å². The summed E-state index contributed by atoms with van der Waals surface area (Å²) in [6.45, 7) is 0. The maximum atomic E-state index is 12.2. The van der Waals surface area contributed by atoms with Crippen molar-refractivity contribution in [3.63, 3.8) is 0 Å². The van der Waals surface area contributed by atoms with Gasteiger partial charge in [-0.1, -0.05) is 27.5 Å². The molecule has 0 spiro atoms. The molecule has 6 heteroatoms. The molecule has 1 aromatic carbocycles. The third kappa shape index (κ3) is 1.77. The van der Waals surface area contributed by atoms with Crippen molar-refractivity contribution in [3.8, 4) is 0 Å². The molecule has 3 rings (SSSR count). The summed E-state index contributed by atoms with van der Waals surface area (Å²) in [5.74, 6) is -0.650. The predicted octanol–water partition coefficient (Wildman–Crippen LogP) is 2.52. The van der Waals surface area contributed by atoms with Crippen LogP contribution in [0.1, 0.15) is 12.8 Å². The van der Waals surface area contributed by atoms with E-state index in [4.69, 9.17) is 16.3 Å². The van der Waals surface area contributed by atoms with Crippen molar-refractivity contribution in [2.75, 3.05) is 4.90 Å². The monoisotopic (exact) mass is 329 g/mol. The predicted molar refractivity (Wildman–Crippen MR) is 69.5 cm³/mol. The van der Waals surface area contributed by atoms with Gasteiger partial charge in [0.2, 0.25) is 0 Å². The fourth-order valence-electron chi connectivity index (χ4n) is 2.29. The van der Waals surface area contributed by atoms with Crippen LogP contribution in [0, 0.1) is 0 Å². The largest absolute Gasteiger partial charge is 0.355 e. The summed E-state index contributed by atoms with van der Waals surface area (Å²) >= 11 is 9.38. The van der Waals surface area contributed by atoms with Crippen LogP contribution in [0.5, 0.6) is 0 Å². The summed E-state index contributed by atoms with van der Waals surface area (Å²) < 4.78 is 6.11. The van der Waals surface area contributed by atoms with E-state index in [-0.39, 0.29) is 11.8 Å². The van der Waals surface area contributed by atoms with Crippen LogP contribution in [-0.4, -0.2) is 24.0 Å². The molecule has 2 fully saturated rings. The van der Waals surface area contributed by atoms with E-state index in [1.165, 1.54) is 0 Å². The minimum atomic E-state index is -0.511. The van der Waals surface area contributed by atoms with Gasteiger partial charge in [-0.3, -0.25) is 9.59 Å². The van der Waals surface area contributed by atoms with Crippen LogP contribution in [-0.2, 0) is 14.3 Å². The first-order chi connectivity index (χ1) is 8.58. The lowest BCUT2D eigenvalue weighted by Gasteiger charge is -2.30. The number of benzene rings is 1. The molecule has 0 saturated carbocycles. The second kappa shape index (κ2) is 4.33. The van der Waals surface area contributed by atoms with Gasteiger partial charge in [-0.05, 0) is 31.0 Å². The first kappa shape index (κ1) is 12.1. The second-order valence-electron chi connectivity index (χ2n) is 4.30. The highest BCUT2D eigenvalue weighted by molar-refractivity contribution is 9.10. The van der Waals surface area contributed by atoms with E-state index in [9.17, 15) is 9.59 Å². The smallest absolute Gasteiger partial charge is 0.263 e. The van der Waals surface area contributed by atoms with Crippen molar-refractivity contribution in [1.29, 1.82) is 0 Å². The number of carbonyl (C=O) groups excluding carboxylic acids is 2. The Kier molecular flexibility index (Phi) is 2.92. The lowest BCUT2D eigenvalue weighted by molar-refractivity contribution is -0.146. The standard InChI is InChI=1S/C12H9BrClNO3/c13-6-1-2-7(14)8(5-6)15-11(16)9-3-4-10(18-9)12(15)17/h1-2,5,9-10H,3-4H2. The number of anilines is 1. The molecule has 94 valence electrons. The zero-order valence-corrected chi connectivity index (χ0v) is 11.6. The Labute approximate surface area is 117 Å². The molecule has 2 aliphatic heterocycles. The molecule has 2 bridgehead atoms. The van der Waals surface area contributed by atoms with E-state index < -0.39 is 12.2 Å². The molecular weight excluding hydrogens is 321 g/mol. The number of imide groups is 1. The highest BCUT2D eigenvalue weighted by Crippen LogP contribution is 2.36. The minimum absolute atomic E-state index is 0.325. The number of nitrogens with zero attached hydrogens (tertiary/aromatic N) is 1. The van der Waals surface area contributed by atoms with Gasteiger partial charge in [0.05, 0.1) is 10.7 Å². The highest BCUT2D eigenvalue weighted by atomic mass is 79.9. The molecule has 0 aliphatic carbocycles. The van der Waals surface area contributed by atoms with E-state index in [1.54, 1.807) is 18.2 Å². The summed E-state index contributed by atoms with van der Waals surface area (Å²) in [5.41, 5.74) is 0.418. The van der Waals surface area contributed by atoms with E-state index in [1.807, 2.05) is 0 Å². The molecular formula is C12H9BrClNO3. The fourth-order valence-corrected chi connectivity index (χ4v) is 2.84. The Balaban J connectivity index is 2.07. The van der Waals surface area contributed by atoms with Crippen molar-refractivity contribution in [1.82, 2.24) is 0 Å². The Bertz CT molecular complexity index is 526. The van der Waals surface area contributed by atoms with Gasteiger partial charge in [-0.25, -0.2) is 4.90 Å². The molecule has 2 aliphatic rings. The molecule has 0 radical (unpaired) electrons. The van der Waals surface area contributed by atoms with Crippen LogP contribution >= 0.6 is 27.5 Å². The molecule has 1 aromatic rings. The first-order valence-corrected chi connectivity index (χ1v) is 6.73. The maximum absolute atomic E-state index is 12.2. The number of morpholine rings is 1. The van der Waals surface area contributed by atoms with Crippen LogP contribution in [0.15, 0.2) is 22.7 Å². The third-order valence-electron chi connectivity index (χ3n) is 3.16. The maximum Gasteiger partial charge on any atom is 0.263 e. The van der Waals surface area contributed by atoms with Gasteiger partial charge < -0.3 is 4.74 Å². The number of ether oxygens (including phenoxy) is 1. The normalized spacial score (nSPS) is 26.9. The zero-order chi connectivity index (χ0) is 12.9. The molecule has 0 N–H and O–H groups in total. The van der Waals surface area contributed by atoms with Crippen molar-refractivity contribution in [3.05, 3.63) is 27.7 Å². The van der Waals surface area contributed by atoms with Crippen LogP contribution < -0.4 is 4.90 Å². The number of rotatable bonds is 1. The molecule has 4 nitrogen and oxygen atoms in total. The quantitative estimate of drug-likeness (QED) is 0.743. The van der Waals surface area contributed by atoms with Gasteiger partial charge >= 0.3 is 0 Å². The van der Waals surface area contributed by atoms with Crippen LogP contribution in [0.4, 0.5) is 5.69 Å². The molecule has 2 saturated heterocycles. The first-order valence-electron chi connectivity index (χ1n) is 5.56. The number of carbonyl (C=O) groups is 2. The van der Waals surface area contributed by atoms with Crippen LogP contribution in [0.25, 0.3) is 0 Å². The Morgan fingerprint density at radius 3 is 2.44 bits per heavy atom. The average Bonchev–Trinajstić information content (AvgIpc) is 2.78. The molecule has 2 atom stereocenters. The number of hydrogen-bond donors (Lipinski definition) is 0. The number of amides is 2. The van der Waals surface area contributed by atoms with Gasteiger partial charge in [-0.2, -0.15) is 0 Å². The summed E-state index contributed by atoms with van der Waals surface area (Å²) in [4.78, 5) is 25.5. The fraction of sp³-hybridized carbons (Fsp3) is 0.333. The molecule has 0 aromatic heterocycles. The molecule has 18 heavy (non-hydrogen) atoms. The number of hydrogen-bond acceptors (Lipinski definition) is 3. The topological polar surface area (TPSA) is 46.6 Å². The Hall–Kier alpha value is -0.910. The molecule has 2 heterocycles. The van der Waals surface area contributed by atoms with E-state index in [0.29, 0.717) is 23.6 Å². The van der Waals surface area contributed by atoms with Gasteiger partial charge in [0.1, 0.15) is 12.2 Å². The Morgan fingerprint density at radius 1 is 1.22 bits per heavy atom.